The van der Waals surface area contributed by atoms with Gasteiger partial charge in [-0.15, -0.1) is 11.3 Å². The number of aromatic nitrogens is 1. The van der Waals surface area contributed by atoms with Crippen LogP contribution < -0.4 is 15.8 Å². The fourth-order valence-corrected chi connectivity index (χ4v) is 3.63. The highest BCUT2D eigenvalue weighted by Crippen LogP contribution is 2.33. The van der Waals surface area contributed by atoms with E-state index in [1.165, 1.54) is 11.3 Å². The number of fused-ring (bicyclic) bond motifs is 1. The first-order valence-corrected chi connectivity index (χ1v) is 8.93. The van der Waals surface area contributed by atoms with Crippen molar-refractivity contribution >= 4 is 38.8 Å². The van der Waals surface area contributed by atoms with Crippen LogP contribution in [0.15, 0.2) is 36.4 Å². The van der Waals surface area contributed by atoms with E-state index in [2.05, 4.69) is 24.1 Å². The van der Waals surface area contributed by atoms with Crippen LogP contribution in [0.3, 0.4) is 0 Å². The van der Waals surface area contributed by atoms with E-state index < -0.39 is 0 Å². The van der Waals surface area contributed by atoms with Crippen LogP contribution in [-0.4, -0.2) is 18.0 Å². The minimum absolute atomic E-state index is 0.237. The molecule has 0 saturated heterocycles. The zero-order chi connectivity index (χ0) is 18.0. The van der Waals surface area contributed by atoms with Crippen molar-refractivity contribution in [1.82, 2.24) is 4.98 Å². The lowest BCUT2D eigenvalue weighted by molar-refractivity contribution is 0.103. The van der Waals surface area contributed by atoms with Crippen molar-refractivity contribution in [2.75, 3.05) is 18.2 Å². The molecule has 0 saturated carbocycles. The van der Waals surface area contributed by atoms with Gasteiger partial charge in [-0.05, 0) is 36.6 Å². The molecule has 0 fully saturated rings. The standard InChI is InChI=1S/C19H21N3O2S/c1-11(2)9-13-7-8-15-16(20)17(25-19(15)22-13)18(23)21-12-5-4-6-14(10-12)24-3/h4-8,10-11H,9,20H2,1-3H3,(H,21,23). The van der Waals surface area contributed by atoms with Crippen molar-refractivity contribution in [3.63, 3.8) is 0 Å². The van der Waals surface area contributed by atoms with Crippen LogP contribution >= 0.6 is 11.3 Å². The van der Waals surface area contributed by atoms with E-state index >= 15 is 0 Å². The molecule has 1 amide bonds. The molecule has 3 rings (SSSR count). The van der Waals surface area contributed by atoms with Gasteiger partial charge in [-0.3, -0.25) is 4.79 Å². The average molecular weight is 355 g/mol. The number of nitrogens with one attached hydrogen (secondary N) is 1. The average Bonchev–Trinajstić information content (AvgIpc) is 2.91. The molecule has 0 atom stereocenters. The van der Waals surface area contributed by atoms with Crippen molar-refractivity contribution < 1.29 is 9.53 Å². The van der Waals surface area contributed by atoms with E-state index in [4.69, 9.17) is 10.5 Å². The Morgan fingerprint density at radius 2 is 2.12 bits per heavy atom. The molecule has 0 aliphatic rings. The van der Waals surface area contributed by atoms with Crippen molar-refractivity contribution in [3.05, 3.63) is 47.0 Å². The van der Waals surface area contributed by atoms with Crippen LogP contribution in [0, 0.1) is 5.92 Å². The predicted octanol–water partition coefficient (Wildman–Crippen LogP) is 4.34. The minimum atomic E-state index is -0.237. The number of methoxy groups -OCH3 is 1. The van der Waals surface area contributed by atoms with E-state index in [1.54, 1.807) is 13.2 Å². The number of pyridine rings is 1. The Morgan fingerprint density at radius 1 is 1.32 bits per heavy atom. The summed E-state index contributed by atoms with van der Waals surface area (Å²) in [6.07, 6.45) is 0.902. The normalized spacial score (nSPS) is 11.0. The number of thiophene rings is 1. The molecule has 5 nitrogen and oxygen atoms in total. The van der Waals surface area contributed by atoms with Crippen molar-refractivity contribution in [3.8, 4) is 5.75 Å². The number of carbonyl (C=O) groups excluding carboxylic acids is 1. The lowest BCUT2D eigenvalue weighted by Crippen LogP contribution is -2.11. The maximum absolute atomic E-state index is 12.6. The number of benzene rings is 1. The van der Waals surface area contributed by atoms with Crippen LogP contribution in [0.2, 0.25) is 0 Å². The first-order valence-electron chi connectivity index (χ1n) is 8.11. The molecule has 6 heteroatoms. The second-order valence-corrected chi connectivity index (χ2v) is 7.28. The maximum atomic E-state index is 12.6. The summed E-state index contributed by atoms with van der Waals surface area (Å²) >= 11 is 1.32. The fourth-order valence-electron chi connectivity index (χ4n) is 2.62. The Kier molecular flexibility index (Phi) is 4.90. The number of rotatable bonds is 5. The third kappa shape index (κ3) is 3.74. The number of hydrogen-bond acceptors (Lipinski definition) is 5. The third-order valence-electron chi connectivity index (χ3n) is 3.80. The monoisotopic (exact) mass is 355 g/mol. The second kappa shape index (κ2) is 7.11. The lowest BCUT2D eigenvalue weighted by atomic mass is 10.1. The summed E-state index contributed by atoms with van der Waals surface area (Å²) in [6.45, 7) is 4.31. The summed E-state index contributed by atoms with van der Waals surface area (Å²) in [5.74, 6) is 0.972. The molecular weight excluding hydrogens is 334 g/mol. The van der Waals surface area contributed by atoms with Gasteiger partial charge in [0.15, 0.2) is 0 Å². The molecule has 25 heavy (non-hydrogen) atoms. The zero-order valence-corrected chi connectivity index (χ0v) is 15.3. The summed E-state index contributed by atoms with van der Waals surface area (Å²) in [7, 11) is 1.59. The van der Waals surface area contributed by atoms with Crippen LogP contribution in [0.1, 0.15) is 29.2 Å². The Balaban J connectivity index is 1.89. The molecular formula is C19H21N3O2S. The highest BCUT2D eigenvalue weighted by Gasteiger charge is 2.18. The summed E-state index contributed by atoms with van der Waals surface area (Å²) in [6, 6.07) is 11.2. The Bertz CT molecular complexity index is 918. The SMILES string of the molecule is COc1cccc(NC(=O)c2sc3nc(CC(C)C)ccc3c2N)c1. The number of carbonyl (C=O) groups is 1. The molecule has 2 heterocycles. The molecule has 0 unspecified atom stereocenters. The van der Waals surface area contributed by atoms with Crippen molar-refractivity contribution in [2.45, 2.75) is 20.3 Å². The quantitative estimate of drug-likeness (QED) is 0.714. The third-order valence-corrected chi connectivity index (χ3v) is 4.92. The molecule has 0 aliphatic heterocycles. The molecule has 2 aromatic heterocycles. The van der Waals surface area contributed by atoms with Gasteiger partial charge in [0.1, 0.15) is 15.5 Å². The molecule has 3 N–H and O–H groups in total. The molecule has 3 aromatic rings. The van der Waals surface area contributed by atoms with E-state index in [0.717, 1.165) is 22.3 Å². The van der Waals surface area contributed by atoms with Crippen molar-refractivity contribution in [1.29, 1.82) is 0 Å². The van der Waals surface area contributed by atoms with Gasteiger partial charge in [-0.1, -0.05) is 19.9 Å². The van der Waals surface area contributed by atoms with E-state index in [-0.39, 0.29) is 5.91 Å². The highest BCUT2D eigenvalue weighted by molar-refractivity contribution is 7.21. The number of hydrogen-bond donors (Lipinski definition) is 2. The Labute approximate surface area is 150 Å². The molecule has 0 radical (unpaired) electrons. The summed E-state index contributed by atoms with van der Waals surface area (Å²) in [5.41, 5.74) is 8.34. The molecule has 1 aromatic carbocycles. The van der Waals surface area contributed by atoms with E-state index in [1.807, 2.05) is 30.3 Å². The summed E-state index contributed by atoms with van der Waals surface area (Å²) < 4.78 is 5.18. The van der Waals surface area contributed by atoms with Gasteiger partial charge in [0.2, 0.25) is 0 Å². The van der Waals surface area contributed by atoms with Crippen molar-refractivity contribution in [2.24, 2.45) is 5.92 Å². The van der Waals surface area contributed by atoms with Gasteiger partial charge in [-0.2, -0.15) is 0 Å². The van der Waals surface area contributed by atoms with Gasteiger partial charge in [0.05, 0.1) is 12.8 Å². The van der Waals surface area contributed by atoms with Gasteiger partial charge in [0, 0.05) is 22.8 Å². The van der Waals surface area contributed by atoms with Crippen LogP contribution in [-0.2, 0) is 6.42 Å². The van der Waals surface area contributed by atoms with Crippen LogP contribution in [0.4, 0.5) is 11.4 Å². The van der Waals surface area contributed by atoms with Gasteiger partial charge < -0.3 is 15.8 Å². The largest absolute Gasteiger partial charge is 0.497 e. The second-order valence-electron chi connectivity index (χ2n) is 6.28. The van der Waals surface area contributed by atoms with Gasteiger partial charge in [-0.25, -0.2) is 4.98 Å². The zero-order valence-electron chi connectivity index (χ0n) is 14.5. The number of nitrogen functional groups attached to an aromatic ring is 1. The van der Waals surface area contributed by atoms with E-state index in [9.17, 15) is 4.79 Å². The number of anilines is 2. The Morgan fingerprint density at radius 3 is 2.84 bits per heavy atom. The Hall–Kier alpha value is -2.60. The van der Waals surface area contributed by atoms with Gasteiger partial charge >= 0.3 is 0 Å². The number of nitrogens with two attached hydrogens (primary N) is 1. The predicted molar refractivity (Wildman–Crippen MR) is 104 cm³/mol. The summed E-state index contributed by atoms with van der Waals surface area (Å²) in [4.78, 5) is 18.5. The molecule has 130 valence electrons. The van der Waals surface area contributed by atoms with Crippen LogP contribution in [0.25, 0.3) is 10.2 Å². The first-order chi connectivity index (χ1) is 12.0. The molecule has 0 bridgehead atoms. The number of amides is 1. The first kappa shape index (κ1) is 17.2. The number of nitrogens with zero attached hydrogens (tertiary/aromatic N) is 1. The highest BCUT2D eigenvalue weighted by atomic mass is 32.1. The topological polar surface area (TPSA) is 77.2 Å². The smallest absolute Gasteiger partial charge is 0.267 e. The summed E-state index contributed by atoms with van der Waals surface area (Å²) in [5, 5.41) is 3.69. The molecule has 0 spiro atoms. The van der Waals surface area contributed by atoms with E-state index in [0.29, 0.717) is 27.9 Å². The van der Waals surface area contributed by atoms with Crippen LogP contribution in [0.5, 0.6) is 5.75 Å². The maximum Gasteiger partial charge on any atom is 0.267 e. The van der Waals surface area contributed by atoms with Gasteiger partial charge in [0.25, 0.3) is 5.91 Å². The lowest BCUT2D eigenvalue weighted by Gasteiger charge is -2.06. The number of ether oxygens (including phenoxy) is 1. The minimum Gasteiger partial charge on any atom is -0.497 e. The fraction of sp³-hybridized carbons (Fsp3) is 0.263. The molecule has 0 aliphatic carbocycles.